The van der Waals surface area contributed by atoms with Crippen molar-refractivity contribution in [1.29, 1.82) is 0 Å². The van der Waals surface area contributed by atoms with Crippen LogP contribution in [0.1, 0.15) is 10.4 Å². The number of carbonyl (C=O) groups is 1. The number of benzene rings is 2. The monoisotopic (exact) mass is 304 g/mol. The van der Waals surface area contributed by atoms with Crippen molar-refractivity contribution >= 4 is 5.97 Å². The van der Waals surface area contributed by atoms with Gasteiger partial charge >= 0.3 is 5.97 Å². The Morgan fingerprint density at radius 1 is 0.818 bits per heavy atom. The molecule has 5 nitrogen and oxygen atoms in total. The van der Waals surface area contributed by atoms with Gasteiger partial charge in [-0.1, -0.05) is 42.5 Å². The molecule has 0 saturated heterocycles. The number of aromatic carboxylic acids is 1. The summed E-state index contributed by atoms with van der Waals surface area (Å²) in [5.41, 5.74) is 2.43. The summed E-state index contributed by atoms with van der Waals surface area (Å²) in [5.74, 6) is -0.894. The Bertz CT molecular complexity index is 533. The Labute approximate surface area is 129 Å². The highest BCUT2D eigenvalue weighted by molar-refractivity contribution is 5.88. The third-order valence-electron chi connectivity index (χ3n) is 2.71. The zero-order chi connectivity index (χ0) is 16.2. The molecule has 0 unspecified atom stereocenters. The molecule has 0 spiro atoms. The first-order valence-electron chi connectivity index (χ1n) is 6.87. The maximum Gasteiger partial charge on any atom is 0.335 e. The van der Waals surface area contributed by atoms with Gasteiger partial charge < -0.3 is 20.1 Å². The number of rotatable bonds is 6. The number of aliphatic hydroxyl groups is 2. The average molecular weight is 304 g/mol. The number of carboxylic acid groups (broad SMARTS) is 1. The molecule has 2 rings (SSSR count). The molecule has 0 amide bonds. The normalized spacial score (nSPS) is 9.73. The lowest BCUT2D eigenvalue weighted by Gasteiger charge is -2.01. The van der Waals surface area contributed by atoms with Gasteiger partial charge in [0.25, 0.3) is 0 Å². The van der Waals surface area contributed by atoms with Gasteiger partial charge in [-0.15, -0.1) is 0 Å². The van der Waals surface area contributed by atoms with Crippen molar-refractivity contribution in [2.45, 2.75) is 0 Å². The van der Waals surface area contributed by atoms with Gasteiger partial charge in [-0.25, -0.2) is 4.79 Å². The van der Waals surface area contributed by atoms with Crippen LogP contribution in [0.4, 0.5) is 0 Å². The van der Waals surface area contributed by atoms with E-state index in [1.807, 2.05) is 42.5 Å². The van der Waals surface area contributed by atoms with Crippen LogP contribution in [-0.4, -0.2) is 47.7 Å². The molecule has 118 valence electrons. The smallest absolute Gasteiger partial charge is 0.335 e. The molecular formula is C17H20O5. The molecule has 0 aliphatic rings. The molecule has 0 bridgehead atoms. The summed E-state index contributed by atoms with van der Waals surface area (Å²) in [6, 6.07) is 16.7. The first-order valence-corrected chi connectivity index (χ1v) is 6.87. The first-order chi connectivity index (χ1) is 10.7. The van der Waals surface area contributed by atoms with Crippen molar-refractivity contribution in [3.63, 3.8) is 0 Å². The Morgan fingerprint density at radius 3 is 1.77 bits per heavy atom. The molecule has 0 saturated carbocycles. The second-order valence-electron chi connectivity index (χ2n) is 4.31. The highest BCUT2D eigenvalue weighted by Gasteiger charge is 2.02. The van der Waals surface area contributed by atoms with E-state index in [9.17, 15) is 4.79 Å². The van der Waals surface area contributed by atoms with Crippen molar-refractivity contribution in [2.24, 2.45) is 0 Å². The van der Waals surface area contributed by atoms with Gasteiger partial charge in [0.1, 0.15) is 0 Å². The first kappa shape index (κ1) is 17.8. The van der Waals surface area contributed by atoms with Crippen LogP contribution in [0.5, 0.6) is 0 Å². The van der Waals surface area contributed by atoms with Gasteiger partial charge in [-0.05, 0) is 23.3 Å². The second kappa shape index (κ2) is 10.5. The summed E-state index contributed by atoms with van der Waals surface area (Å²) in [5, 5.41) is 24.9. The van der Waals surface area contributed by atoms with Crippen molar-refractivity contribution in [2.75, 3.05) is 26.4 Å². The Balaban J connectivity index is 0.000000295. The molecule has 0 heterocycles. The average Bonchev–Trinajstić information content (AvgIpc) is 2.57. The summed E-state index contributed by atoms with van der Waals surface area (Å²) in [7, 11) is 0. The lowest BCUT2D eigenvalue weighted by Crippen LogP contribution is -2.03. The molecule has 0 aromatic heterocycles. The van der Waals surface area contributed by atoms with Gasteiger partial charge in [0.05, 0.1) is 32.0 Å². The van der Waals surface area contributed by atoms with E-state index in [-0.39, 0.29) is 13.2 Å². The number of hydrogen-bond acceptors (Lipinski definition) is 4. The van der Waals surface area contributed by atoms with E-state index < -0.39 is 5.97 Å². The summed E-state index contributed by atoms with van der Waals surface area (Å²) >= 11 is 0. The van der Waals surface area contributed by atoms with Crippen molar-refractivity contribution in [3.8, 4) is 11.1 Å². The quantitative estimate of drug-likeness (QED) is 0.711. The molecule has 22 heavy (non-hydrogen) atoms. The van der Waals surface area contributed by atoms with Gasteiger partial charge in [-0.2, -0.15) is 0 Å². The minimum atomic E-state index is -0.894. The molecule has 2 aromatic carbocycles. The predicted octanol–water partition coefficient (Wildman–Crippen LogP) is 2.04. The number of carboxylic acids is 1. The molecular weight excluding hydrogens is 284 g/mol. The fourth-order valence-corrected chi connectivity index (χ4v) is 1.67. The summed E-state index contributed by atoms with van der Waals surface area (Å²) in [6.07, 6.45) is 0. The van der Waals surface area contributed by atoms with Gasteiger partial charge in [0, 0.05) is 0 Å². The van der Waals surface area contributed by atoms with Crippen LogP contribution < -0.4 is 0 Å². The van der Waals surface area contributed by atoms with Crippen LogP contribution >= 0.6 is 0 Å². The van der Waals surface area contributed by atoms with Crippen molar-refractivity contribution < 1.29 is 24.9 Å². The zero-order valence-corrected chi connectivity index (χ0v) is 12.2. The molecule has 0 aliphatic carbocycles. The van der Waals surface area contributed by atoms with Gasteiger partial charge in [0.15, 0.2) is 0 Å². The molecule has 0 aliphatic heterocycles. The number of aliphatic hydroxyl groups excluding tert-OH is 2. The molecule has 0 radical (unpaired) electrons. The largest absolute Gasteiger partial charge is 0.478 e. The lowest BCUT2D eigenvalue weighted by atomic mass is 10.0. The fraction of sp³-hybridized carbons (Fsp3) is 0.235. The Morgan fingerprint density at radius 2 is 1.32 bits per heavy atom. The minimum absolute atomic E-state index is 0.0278. The van der Waals surface area contributed by atoms with E-state index in [2.05, 4.69) is 4.74 Å². The van der Waals surface area contributed by atoms with Crippen LogP contribution in [0.25, 0.3) is 11.1 Å². The van der Waals surface area contributed by atoms with E-state index in [0.717, 1.165) is 11.1 Å². The molecule has 3 N–H and O–H groups in total. The Kier molecular flexibility index (Phi) is 8.52. The number of hydrogen-bond donors (Lipinski definition) is 3. The highest BCUT2D eigenvalue weighted by atomic mass is 16.5. The highest BCUT2D eigenvalue weighted by Crippen LogP contribution is 2.18. The predicted molar refractivity (Wildman–Crippen MR) is 83.8 cm³/mol. The minimum Gasteiger partial charge on any atom is -0.478 e. The van der Waals surface area contributed by atoms with E-state index in [1.54, 1.807) is 12.1 Å². The third-order valence-corrected chi connectivity index (χ3v) is 2.71. The molecule has 0 fully saturated rings. The van der Waals surface area contributed by atoms with Crippen LogP contribution in [0.15, 0.2) is 54.6 Å². The fourth-order valence-electron chi connectivity index (χ4n) is 1.67. The lowest BCUT2D eigenvalue weighted by molar-refractivity contribution is 0.0650. The second-order valence-corrected chi connectivity index (χ2v) is 4.31. The van der Waals surface area contributed by atoms with Gasteiger partial charge in [0.2, 0.25) is 0 Å². The standard InChI is InChI=1S/C13H10O2.C4H10O3/c14-13(15)12-8-6-11(7-9-12)10-4-2-1-3-5-10;5-1-3-7-4-2-6/h1-9H,(H,14,15);5-6H,1-4H2. The van der Waals surface area contributed by atoms with E-state index >= 15 is 0 Å². The maximum absolute atomic E-state index is 10.6. The zero-order valence-electron chi connectivity index (χ0n) is 12.2. The SMILES string of the molecule is O=C(O)c1ccc(-c2ccccc2)cc1.OCCOCCO. The van der Waals surface area contributed by atoms with E-state index in [4.69, 9.17) is 15.3 Å². The van der Waals surface area contributed by atoms with Crippen LogP contribution in [0.2, 0.25) is 0 Å². The van der Waals surface area contributed by atoms with Crippen LogP contribution in [0, 0.1) is 0 Å². The van der Waals surface area contributed by atoms with E-state index in [1.165, 1.54) is 0 Å². The van der Waals surface area contributed by atoms with Crippen molar-refractivity contribution in [1.82, 2.24) is 0 Å². The third kappa shape index (κ3) is 6.49. The van der Waals surface area contributed by atoms with Gasteiger partial charge in [-0.3, -0.25) is 0 Å². The molecule has 5 heteroatoms. The number of ether oxygens (including phenoxy) is 1. The summed E-state index contributed by atoms with van der Waals surface area (Å²) < 4.78 is 4.63. The Hall–Kier alpha value is -2.21. The van der Waals surface area contributed by atoms with Crippen LogP contribution in [-0.2, 0) is 4.74 Å². The maximum atomic E-state index is 10.6. The molecule has 2 aromatic rings. The van der Waals surface area contributed by atoms with E-state index in [0.29, 0.717) is 18.8 Å². The summed E-state index contributed by atoms with van der Waals surface area (Å²) in [6.45, 7) is 0.696. The van der Waals surface area contributed by atoms with Crippen molar-refractivity contribution in [3.05, 3.63) is 60.2 Å². The molecule has 0 atom stereocenters. The topological polar surface area (TPSA) is 87.0 Å². The van der Waals surface area contributed by atoms with Crippen LogP contribution in [0.3, 0.4) is 0 Å². The summed E-state index contributed by atoms with van der Waals surface area (Å²) in [4.78, 5) is 10.6.